The van der Waals surface area contributed by atoms with E-state index in [1.54, 1.807) is 12.1 Å². The number of benzene rings is 2. The highest BCUT2D eigenvalue weighted by Crippen LogP contribution is 2.33. The van der Waals surface area contributed by atoms with Crippen molar-refractivity contribution in [2.45, 2.75) is 20.8 Å². The van der Waals surface area contributed by atoms with Gasteiger partial charge in [-0.3, -0.25) is 4.79 Å². The second kappa shape index (κ2) is 8.45. The van der Waals surface area contributed by atoms with Gasteiger partial charge < -0.3 is 14.6 Å². The van der Waals surface area contributed by atoms with Gasteiger partial charge in [-0.25, -0.2) is 9.18 Å². The van der Waals surface area contributed by atoms with Crippen LogP contribution in [0.3, 0.4) is 0 Å². The molecule has 8 heteroatoms. The molecule has 0 fully saturated rings. The lowest BCUT2D eigenvalue weighted by molar-refractivity contribution is -0.119. The van der Waals surface area contributed by atoms with Crippen molar-refractivity contribution in [3.8, 4) is 11.3 Å². The molecule has 0 unspecified atom stereocenters. The molecule has 0 aliphatic carbocycles. The zero-order chi connectivity index (χ0) is 21.1. The first kappa shape index (κ1) is 20.5. The molecule has 1 amide bonds. The van der Waals surface area contributed by atoms with Crippen LogP contribution < -0.4 is 5.32 Å². The van der Waals surface area contributed by atoms with E-state index in [1.807, 2.05) is 19.9 Å². The van der Waals surface area contributed by atoms with Gasteiger partial charge in [0.05, 0.1) is 10.6 Å². The van der Waals surface area contributed by atoms with E-state index in [2.05, 4.69) is 10.5 Å². The number of rotatable bonds is 5. The Hall–Kier alpha value is -3.19. The first-order valence-corrected chi connectivity index (χ1v) is 9.10. The fraction of sp³-hybridized carbons (Fsp3) is 0.190. The molecule has 29 heavy (non-hydrogen) atoms. The molecule has 3 aromatic rings. The van der Waals surface area contributed by atoms with Crippen LogP contribution in [0.2, 0.25) is 5.02 Å². The second-order valence-corrected chi connectivity index (χ2v) is 6.97. The number of aryl methyl sites for hydroxylation is 3. The summed E-state index contributed by atoms with van der Waals surface area (Å²) in [4.78, 5) is 24.7. The van der Waals surface area contributed by atoms with E-state index in [9.17, 15) is 14.0 Å². The highest BCUT2D eigenvalue weighted by atomic mass is 35.5. The third-order valence-corrected chi connectivity index (χ3v) is 4.42. The maximum Gasteiger partial charge on any atom is 0.344 e. The number of halogens is 2. The number of ether oxygens (including phenoxy) is 1. The molecule has 3 rings (SSSR count). The molecule has 150 valence electrons. The summed E-state index contributed by atoms with van der Waals surface area (Å²) >= 11 is 6.06. The third kappa shape index (κ3) is 4.63. The molecule has 0 aliphatic heterocycles. The van der Waals surface area contributed by atoms with Gasteiger partial charge in [-0.2, -0.15) is 0 Å². The standard InChI is InChI=1S/C21H18ClFN2O4/c1-11-7-12(2)9-14(8-11)24-17(26)10-28-21(27)18-13(3)29-25-20(18)19-15(22)5-4-6-16(19)23/h4-9H,10H2,1-3H3,(H,24,26). The molecule has 2 aromatic carbocycles. The van der Waals surface area contributed by atoms with Gasteiger partial charge in [-0.05, 0) is 56.2 Å². The first-order valence-electron chi connectivity index (χ1n) is 8.72. The first-order chi connectivity index (χ1) is 13.8. The van der Waals surface area contributed by atoms with Gasteiger partial charge in [0.1, 0.15) is 22.8 Å². The number of nitrogens with one attached hydrogen (secondary N) is 1. The monoisotopic (exact) mass is 416 g/mol. The Morgan fingerprint density at radius 2 is 1.86 bits per heavy atom. The Balaban J connectivity index is 1.75. The highest BCUT2D eigenvalue weighted by molar-refractivity contribution is 6.33. The number of anilines is 1. The Bertz CT molecular complexity index is 1050. The molecule has 1 aromatic heterocycles. The van der Waals surface area contributed by atoms with Crippen LogP contribution in [0.25, 0.3) is 11.3 Å². The van der Waals surface area contributed by atoms with Crippen LogP contribution in [-0.4, -0.2) is 23.6 Å². The summed E-state index contributed by atoms with van der Waals surface area (Å²) in [6.45, 7) is 4.78. The zero-order valence-electron chi connectivity index (χ0n) is 16.0. The molecule has 0 radical (unpaired) electrons. The molecule has 0 saturated carbocycles. The van der Waals surface area contributed by atoms with Gasteiger partial charge in [0.2, 0.25) is 0 Å². The smallest absolute Gasteiger partial charge is 0.344 e. The van der Waals surface area contributed by atoms with Gasteiger partial charge in [-0.15, -0.1) is 0 Å². The quantitative estimate of drug-likeness (QED) is 0.601. The summed E-state index contributed by atoms with van der Waals surface area (Å²) in [6.07, 6.45) is 0. The van der Waals surface area contributed by atoms with Crippen molar-refractivity contribution < 1.29 is 23.2 Å². The predicted molar refractivity (Wildman–Crippen MR) is 106 cm³/mol. The van der Waals surface area contributed by atoms with E-state index >= 15 is 0 Å². The minimum absolute atomic E-state index is 0.0694. The Morgan fingerprint density at radius 1 is 1.17 bits per heavy atom. The fourth-order valence-electron chi connectivity index (χ4n) is 2.95. The lowest BCUT2D eigenvalue weighted by Crippen LogP contribution is -2.21. The number of amides is 1. The maximum atomic E-state index is 14.2. The van der Waals surface area contributed by atoms with Crippen LogP contribution in [0, 0.1) is 26.6 Å². The van der Waals surface area contributed by atoms with E-state index < -0.39 is 24.3 Å². The van der Waals surface area contributed by atoms with Crippen LogP contribution >= 0.6 is 11.6 Å². The summed E-state index contributed by atoms with van der Waals surface area (Å²) < 4.78 is 24.3. The summed E-state index contributed by atoms with van der Waals surface area (Å²) in [5.41, 5.74) is 2.34. The molecule has 1 heterocycles. The van der Waals surface area contributed by atoms with Crippen molar-refractivity contribution in [2.75, 3.05) is 11.9 Å². The second-order valence-electron chi connectivity index (χ2n) is 6.56. The lowest BCUT2D eigenvalue weighted by Gasteiger charge is -2.09. The van der Waals surface area contributed by atoms with E-state index in [0.717, 1.165) is 11.1 Å². The van der Waals surface area contributed by atoms with Gasteiger partial charge in [0.25, 0.3) is 5.91 Å². The molecular formula is C21H18ClFN2O4. The fourth-order valence-corrected chi connectivity index (χ4v) is 3.21. The van der Waals surface area contributed by atoms with E-state index in [0.29, 0.717) is 5.69 Å². The molecule has 0 spiro atoms. The summed E-state index contributed by atoms with van der Waals surface area (Å²) in [5.74, 6) is -1.91. The summed E-state index contributed by atoms with van der Waals surface area (Å²) in [6, 6.07) is 9.67. The van der Waals surface area contributed by atoms with Crippen LogP contribution in [-0.2, 0) is 9.53 Å². The average Bonchev–Trinajstić information content (AvgIpc) is 3.00. The van der Waals surface area contributed by atoms with Crippen LogP contribution in [0.1, 0.15) is 27.2 Å². The summed E-state index contributed by atoms with van der Waals surface area (Å²) in [7, 11) is 0. The zero-order valence-corrected chi connectivity index (χ0v) is 16.8. The van der Waals surface area contributed by atoms with Gasteiger partial charge in [-0.1, -0.05) is 28.9 Å². The molecular weight excluding hydrogens is 399 g/mol. The van der Waals surface area contributed by atoms with Crippen molar-refractivity contribution in [3.63, 3.8) is 0 Å². The van der Waals surface area contributed by atoms with Gasteiger partial charge in [0.15, 0.2) is 6.61 Å². The average molecular weight is 417 g/mol. The van der Waals surface area contributed by atoms with Crippen LogP contribution in [0.15, 0.2) is 40.9 Å². The molecule has 1 N–H and O–H groups in total. The highest BCUT2D eigenvalue weighted by Gasteiger charge is 2.27. The van der Waals surface area contributed by atoms with Crippen molar-refractivity contribution >= 4 is 29.2 Å². The van der Waals surface area contributed by atoms with Crippen LogP contribution in [0.5, 0.6) is 0 Å². The minimum Gasteiger partial charge on any atom is -0.452 e. The Morgan fingerprint density at radius 3 is 2.52 bits per heavy atom. The van der Waals surface area contributed by atoms with E-state index in [-0.39, 0.29) is 27.6 Å². The number of nitrogens with zero attached hydrogens (tertiary/aromatic N) is 1. The SMILES string of the molecule is Cc1cc(C)cc(NC(=O)COC(=O)c2c(-c3c(F)cccc3Cl)noc2C)c1. The van der Waals surface area contributed by atoms with E-state index in [1.165, 1.54) is 25.1 Å². The Kier molecular flexibility index (Phi) is 5.98. The van der Waals surface area contributed by atoms with Crippen molar-refractivity contribution in [1.82, 2.24) is 5.16 Å². The lowest BCUT2D eigenvalue weighted by atomic mass is 10.1. The van der Waals surface area contributed by atoms with E-state index in [4.69, 9.17) is 20.9 Å². The molecule has 0 saturated heterocycles. The van der Waals surface area contributed by atoms with Crippen LogP contribution in [0.4, 0.5) is 10.1 Å². The molecule has 0 atom stereocenters. The third-order valence-electron chi connectivity index (χ3n) is 4.11. The topological polar surface area (TPSA) is 81.4 Å². The maximum absolute atomic E-state index is 14.2. The molecule has 6 nitrogen and oxygen atoms in total. The van der Waals surface area contributed by atoms with Crippen molar-refractivity contribution in [1.29, 1.82) is 0 Å². The molecule has 0 bridgehead atoms. The van der Waals surface area contributed by atoms with Gasteiger partial charge in [0, 0.05) is 5.69 Å². The number of aromatic nitrogens is 1. The van der Waals surface area contributed by atoms with Crippen molar-refractivity contribution in [3.05, 3.63) is 69.7 Å². The Labute approximate surface area is 171 Å². The summed E-state index contributed by atoms with van der Waals surface area (Å²) in [5, 5.41) is 6.48. The number of hydrogen-bond donors (Lipinski definition) is 1. The number of carbonyl (C=O) groups is 2. The van der Waals surface area contributed by atoms with Crippen molar-refractivity contribution in [2.24, 2.45) is 0 Å². The van der Waals surface area contributed by atoms with Gasteiger partial charge >= 0.3 is 5.97 Å². The largest absolute Gasteiger partial charge is 0.452 e. The number of hydrogen-bond acceptors (Lipinski definition) is 5. The predicted octanol–water partition coefficient (Wildman–Crippen LogP) is 4.85. The number of carbonyl (C=O) groups excluding carboxylic acids is 2. The molecule has 0 aliphatic rings. The normalized spacial score (nSPS) is 10.7. The number of esters is 1. The minimum atomic E-state index is -0.867.